The summed E-state index contributed by atoms with van der Waals surface area (Å²) in [5.41, 5.74) is 11.6. The highest BCUT2D eigenvalue weighted by Gasteiger charge is 2.38. The van der Waals surface area contributed by atoms with Crippen molar-refractivity contribution in [2.75, 3.05) is 0 Å². The van der Waals surface area contributed by atoms with Crippen LogP contribution in [0.5, 0.6) is 0 Å². The van der Waals surface area contributed by atoms with Gasteiger partial charge in [-0.1, -0.05) is 168 Å². The fourth-order valence-corrected chi connectivity index (χ4v) is 10.8. The summed E-state index contributed by atoms with van der Waals surface area (Å²) in [6, 6.07) is 62.7. The largest absolute Gasteiger partial charge is 0.247 e. The van der Waals surface area contributed by atoms with Crippen LogP contribution in [0.1, 0.15) is 1.37 Å². The van der Waals surface area contributed by atoms with E-state index in [0.717, 1.165) is 5.39 Å². The molecule has 3 heteroatoms. The minimum atomic E-state index is 0.269. The molecule has 0 saturated heterocycles. The van der Waals surface area contributed by atoms with Gasteiger partial charge in [-0.3, -0.25) is 0 Å². The molecule has 2 aliphatic heterocycles. The average molecular weight is 682 g/mol. The molecule has 2 heterocycles. The molecular formula is C48H29BS2. The molecule has 0 saturated carbocycles. The lowest BCUT2D eigenvalue weighted by molar-refractivity contribution is 1.33. The Hall–Kier alpha value is -5.48. The lowest BCUT2D eigenvalue weighted by atomic mass is 9.36. The SMILES string of the molecule is [2H]c1ccc2c3ccc(-c4cccc(-c5cccc(-c6cc7c8c(c6)Sc6ccccc6B8c6ccccc6S7)c5)c4)cc3c3ccccc3c2c1. The van der Waals surface area contributed by atoms with Crippen LogP contribution >= 0.6 is 23.5 Å². The van der Waals surface area contributed by atoms with Gasteiger partial charge < -0.3 is 0 Å². The first-order valence-electron chi connectivity index (χ1n) is 17.9. The number of rotatable bonds is 3. The molecule has 0 aliphatic carbocycles. The first-order valence-corrected chi connectivity index (χ1v) is 19.1. The van der Waals surface area contributed by atoms with Gasteiger partial charge in [0.25, 0.3) is 0 Å². The monoisotopic (exact) mass is 681 g/mol. The van der Waals surface area contributed by atoms with E-state index in [2.05, 4.69) is 158 Å². The van der Waals surface area contributed by atoms with Gasteiger partial charge in [0.05, 0.1) is 1.37 Å². The zero-order valence-corrected chi connectivity index (χ0v) is 29.2. The number of hydrogen-bond donors (Lipinski definition) is 0. The summed E-state index contributed by atoms with van der Waals surface area (Å²) in [6.45, 7) is 0.269. The summed E-state index contributed by atoms with van der Waals surface area (Å²) in [5, 5.41) is 7.21. The second-order valence-electron chi connectivity index (χ2n) is 13.5. The van der Waals surface area contributed by atoms with E-state index in [0.29, 0.717) is 6.04 Å². The number of hydrogen-bond acceptors (Lipinski definition) is 2. The van der Waals surface area contributed by atoms with Crippen LogP contribution in [-0.4, -0.2) is 6.71 Å². The van der Waals surface area contributed by atoms with E-state index in [1.807, 2.05) is 35.7 Å². The molecule has 0 bridgehead atoms. The molecule has 0 fully saturated rings. The molecule has 0 N–H and O–H groups in total. The maximum atomic E-state index is 8.27. The zero-order valence-electron chi connectivity index (χ0n) is 28.6. The lowest BCUT2D eigenvalue weighted by Gasteiger charge is -2.33. The first-order chi connectivity index (χ1) is 25.7. The number of benzene rings is 9. The van der Waals surface area contributed by atoms with Crippen molar-refractivity contribution in [1.82, 2.24) is 0 Å². The van der Waals surface area contributed by atoms with Gasteiger partial charge in [-0.25, -0.2) is 0 Å². The van der Waals surface area contributed by atoms with Gasteiger partial charge >= 0.3 is 0 Å². The second kappa shape index (κ2) is 11.5. The molecule has 9 aromatic carbocycles. The summed E-state index contributed by atoms with van der Waals surface area (Å²) in [7, 11) is 0. The molecule has 236 valence electrons. The first kappa shape index (κ1) is 28.2. The molecule has 11 rings (SSSR count). The van der Waals surface area contributed by atoms with Crippen LogP contribution in [0, 0.1) is 0 Å². The normalized spacial score (nSPS) is 13.2. The minimum absolute atomic E-state index is 0.269. The Balaban J connectivity index is 0.999. The molecule has 0 amide bonds. The van der Waals surface area contributed by atoms with Crippen LogP contribution in [0.15, 0.2) is 195 Å². The third kappa shape index (κ3) is 4.65. The van der Waals surface area contributed by atoms with Gasteiger partial charge in [0.15, 0.2) is 0 Å². The number of fused-ring (bicyclic) bond motifs is 10. The Morgan fingerprint density at radius 1 is 0.333 bits per heavy atom. The third-order valence-corrected chi connectivity index (χ3v) is 13.0. The molecule has 0 spiro atoms. The van der Waals surface area contributed by atoms with Crippen LogP contribution in [0.2, 0.25) is 0 Å². The minimum Gasteiger partial charge on any atom is -0.0911 e. The molecule has 0 atom stereocenters. The van der Waals surface area contributed by atoms with Crippen LogP contribution in [-0.2, 0) is 0 Å². The van der Waals surface area contributed by atoms with Crippen molar-refractivity contribution in [3.8, 4) is 33.4 Å². The summed E-state index contributed by atoms with van der Waals surface area (Å²) in [6.07, 6.45) is 0. The Morgan fingerprint density at radius 3 is 1.43 bits per heavy atom. The van der Waals surface area contributed by atoms with Crippen molar-refractivity contribution in [2.45, 2.75) is 19.6 Å². The third-order valence-electron chi connectivity index (χ3n) is 10.7. The standard InChI is InChI=1S/C48H29BS2/c1-2-17-38-36(15-1)37-16-3-4-18-39(37)41-27-34(23-24-40(38)41)32-13-9-11-30(25-32)31-12-10-14-33(26-31)35-28-46-48-47(29-35)51-45-22-8-6-20-43(45)49(48)42-19-5-7-21-44(42)50-46/h1-29H/i1D. The van der Waals surface area contributed by atoms with Gasteiger partial charge in [0, 0.05) is 19.6 Å². The van der Waals surface area contributed by atoms with Gasteiger partial charge in [0.1, 0.15) is 0 Å². The van der Waals surface area contributed by atoms with Crippen LogP contribution < -0.4 is 16.4 Å². The van der Waals surface area contributed by atoms with Crippen molar-refractivity contribution in [3.63, 3.8) is 0 Å². The summed E-state index contributed by atoms with van der Waals surface area (Å²) >= 11 is 3.83. The predicted octanol–water partition coefficient (Wildman–Crippen LogP) is 11.6. The van der Waals surface area contributed by atoms with Gasteiger partial charge in [-0.15, -0.1) is 0 Å². The summed E-state index contributed by atoms with van der Waals surface area (Å²) in [4.78, 5) is 5.43. The highest BCUT2D eigenvalue weighted by Crippen LogP contribution is 2.42. The quantitative estimate of drug-likeness (QED) is 0.134. The Morgan fingerprint density at radius 2 is 0.804 bits per heavy atom. The van der Waals surface area contributed by atoms with Crippen molar-refractivity contribution in [3.05, 3.63) is 176 Å². The van der Waals surface area contributed by atoms with Crippen molar-refractivity contribution >= 4 is 78.9 Å². The maximum absolute atomic E-state index is 8.27. The van der Waals surface area contributed by atoms with Crippen molar-refractivity contribution < 1.29 is 1.37 Å². The van der Waals surface area contributed by atoms with E-state index in [1.54, 1.807) is 0 Å². The summed E-state index contributed by atoms with van der Waals surface area (Å²) in [5.74, 6) is 0. The maximum Gasteiger partial charge on any atom is 0.247 e. The Labute approximate surface area is 307 Å². The van der Waals surface area contributed by atoms with Gasteiger partial charge in [-0.05, 0) is 114 Å². The molecule has 0 nitrogen and oxygen atoms in total. The zero-order chi connectivity index (χ0) is 34.3. The second-order valence-corrected chi connectivity index (χ2v) is 15.7. The topological polar surface area (TPSA) is 0 Å². The fraction of sp³-hybridized carbons (Fsp3) is 0. The van der Waals surface area contributed by atoms with Gasteiger partial charge in [0.2, 0.25) is 6.71 Å². The average Bonchev–Trinajstić information content (AvgIpc) is 3.20. The fourth-order valence-electron chi connectivity index (χ4n) is 8.34. The van der Waals surface area contributed by atoms with Crippen molar-refractivity contribution in [2.24, 2.45) is 0 Å². The Bertz CT molecular complexity index is 2860. The van der Waals surface area contributed by atoms with E-state index >= 15 is 0 Å². The van der Waals surface area contributed by atoms with Gasteiger partial charge in [-0.2, -0.15) is 0 Å². The molecule has 0 unspecified atom stereocenters. The molecule has 2 aliphatic rings. The molecule has 0 aromatic heterocycles. The lowest BCUT2D eigenvalue weighted by Crippen LogP contribution is -2.57. The van der Waals surface area contributed by atoms with Crippen LogP contribution in [0.4, 0.5) is 0 Å². The highest BCUT2D eigenvalue weighted by molar-refractivity contribution is 8.01. The molecule has 9 aromatic rings. The summed E-state index contributed by atoms with van der Waals surface area (Å²) < 4.78 is 8.27. The van der Waals surface area contributed by atoms with E-state index < -0.39 is 0 Å². The predicted molar refractivity (Wildman–Crippen MR) is 221 cm³/mol. The van der Waals surface area contributed by atoms with E-state index in [1.165, 1.54) is 96.3 Å². The molecule has 51 heavy (non-hydrogen) atoms. The van der Waals surface area contributed by atoms with Crippen LogP contribution in [0.25, 0.3) is 65.7 Å². The van der Waals surface area contributed by atoms with E-state index in [-0.39, 0.29) is 6.71 Å². The highest BCUT2D eigenvalue weighted by atomic mass is 32.2. The van der Waals surface area contributed by atoms with E-state index in [4.69, 9.17) is 1.37 Å². The van der Waals surface area contributed by atoms with Crippen LogP contribution in [0.3, 0.4) is 0 Å². The molecular weight excluding hydrogens is 651 g/mol. The Kier molecular flexibility index (Phi) is 6.39. The van der Waals surface area contributed by atoms with Crippen molar-refractivity contribution in [1.29, 1.82) is 0 Å². The van der Waals surface area contributed by atoms with E-state index in [9.17, 15) is 0 Å². The molecule has 0 radical (unpaired) electrons. The smallest absolute Gasteiger partial charge is 0.0911 e.